The highest BCUT2D eigenvalue weighted by atomic mass is 16.8. The Bertz CT molecular complexity index is 3180. The van der Waals surface area contributed by atoms with Gasteiger partial charge in [-0.3, -0.25) is 4.79 Å². The quantitative estimate of drug-likeness (QED) is 0.0398. The first-order valence-electron chi connectivity index (χ1n) is 38.2. The molecule has 110 heavy (non-hydrogen) atoms. The van der Waals surface area contributed by atoms with Crippen LogP contribution in [-0.2, 0) is 80.6 Å². The molecule has 2 saturated carbocycles. The molecular weight excluding hydrogens is 1480 g/mol. The first kappa shape index (κ1) is 85.6. The van der Waals surface area contributed by atoms with Gasteiger partial charge in [-0.2, -0.15) is 0 Å². The number of aliphatic hydroxyl groups excluding tert-OH is 22. The number of carbonyl (C=O) groups is 1. The number of rotatable bonds is 20. The molecule has 0 aromatic rings. The number of hydrogen-bond donors (Lipinski definition) is 22. The maximum atomic E-state index is 12.9. The van der Waals surface area contributed by atoms with Gasteiger partial charge in [0, 0.05) is 17.3 Å². The summed E-state index contributed by atoms with van der Waals surface area (Å²) in [4.78, 5) is 12.9. The van der Waals surface area contributed by atoms with Gasteiger partial charge in [0.05, 0.1) is 70.0 Å². The topological polar surface area (TPSA) is 610 Å². The highest BCUT2D eigenvalue weighted by molar-refractivity contribution is 5.76. The maximum Gasteiger partial charge on any atom is 0.314 e. The Morgan fingerprint density at radius 3 is 1.47 bits per heavy atom. The summed E-state index contributed by atoms with van der Waals surface area (Å²) in [5.74, 6) is -2.87. The summed E-state index contributed by atoms with van der Waals surface area (Å²) in [7, 11) is 0. The lowest BCUT2D eigenvalue weighted by Crippen LogP contribution is -2.69. The second-order valence-electron chi connectivity index (χ2n) is 33.6. The van der Waals surface area contributed by atoms with Crippen molar-refractivity contribution >= 4 is 5.97 Å². The molecule has 22 N–H and O–H groups in total. The van der Waals surface area contributed by atoms with Crippen LogP contribution < -0.4 is 0 Å². The fraction of sp³-hybridized carbons (Fsp3) is 0.958. The molecule has 45 atom stereocenters. The molecule has 0 bridgehead atoms. The number of aliphatic hydroxyl groups is 22. The van der Waals surface area contributed by atoms with Crippen LogP contribution in [0, 0.1) is 39.4 Å². The standard InChI is InChI=1S/C71H114O39/c1-24-16-71(57(93)25(2)58(94)109-71)110-70(24)15-14-68(6)28-8-9-35-66(4,27(28)10-13-69(68,70)7)12-11-36(67(35,5)23-76)103-60-48(89)46(87)40(81)34(102-60)22-96-64-55(38(79)29(77)21-95-64)107-65-56(108-59-47(88)44(85)37(78)26(3)97-59)54(43(84)33(20-75)101-65)106-63-51(92)53(42(83)32(19-74)100-63)105-62-50(91)52(41(82)31(18-73)99-62)104-61-49(90)45(86)39(80)30(17-72)98-61/h24-26,29-57,59-65,72-93H,8-23H2,1-7H3/t24-,25-,26+,29+,30-,31-,32-,33-,34-,35-,36+,37+,38+,39-,40-,41+,42-,43-,44-,45+,46+,47-,48-,49-,50-,51-,52+,53+,54+,55-,56-,57+,59+,60+,61+,62+,63+,64+,65+,66-,67-,68+,69+,70+,71-/m1/s1. The second-order valence-corrected chi connectivity index (χ2v) is 33.6. The number of allylic oxidation sites excluding steroid dienone is 2. The van der Waals surface area contributed by atoms with Gasteiger partial charge in [-0.05, 0) is 87.9 Å². The van der Waals surface area contributed by atoms with Crippen molar-refractivity contribution in [3.63, 3.8) is 0 Å². The minimum Gasteiger partial charge on any atom is -0.430 e. The van der Waals surface area contributed by atoms with Crippen molar-refractivity contribution in [2.24, 2.45) is 39.4 Å². The lowest BCUT2D eigenvalue weighted by Gasteiger charge is -2.63. The van der Waals surface area contributed by atoms with E-state index in [1.165, 1.54) is 18.1 Å². The minimum absolute atomic E-state index is 0.0423. The molecule has 0 aromatic heterocycles. The molecule has 39 heteroatoms. The van der Waals surface area contributed by atoms with Crippen LogP contribution in [0.15, 0.2) is 11.1 Å². The number of esters is 1. The van der Waals surface area contributed by atoms with Gasteiger partial charge in [-0.15, -0.1) is 0 Å². The average Bonchev–Trinajstić information content (AvgIpc) is 1.47. The van der Waals surface area contributed by atoms with Crippen LogP contribution in [-0.4, -0.2) is 397 Å². The van der Waals surface area contributed by atoms with Crippen molar-refractivity contribution in [3.8, 4) is 0 Å². The Morgan fingerprint density at radius 1 is 0.436 bits per heavy atom. The van der Waals surface area contributed by atoms with E-state index >= 15 is 0 Å². The maximum absolute atomic E-state index is 12.9. The molecule has 9 heterocycles. The van der Waals surface area contributed by atoms with Gasteiger partial charge < -0.3 is 188 Å². The Labute approximate surface area is 632 Å². The summed E-state index contributed by atoms with van der Waals surface area (Å²) in [5.41, 5.74) is -0.205. The summed E-state index contributed by atoms with van der Waals surface area (Å²) in [6, 6.07) is 0. The summed E-state index contributed by atoms with van der Waals surface area (Å²) in [5, 5.41) is 246. The molecule has 9 aliphatic heterocycles. The highest BCUT2D eigenvalue weighted by Gasteiger charge is 2.77. The van der Waals surface area contributed by atoms with Crippen molar-refractivity contribution in [1.82, 2.24) is 0 Å². The molecule has 9 saturated heterocycles. The molecule has 2 spiro atoms. The Morgan fingerprint density at radius 2 is 0.918 bits per heavy atom. The molecule has 11 fully saturated rings. The van der Waals surface area contributed by atoms with Crippen molar-refractivity contribution in [1.29, 1.82) is 0 Å². The minimum atomic E-state index is -2.37. The van der Waals surface area contributed by atoms with E-state index in [1.807, 2.05) is 6.92 Å². The third kappa shape index (κ3) is 14.1. The third-order valence-electron chi connectivity index (χ3n) is 27.7. The van der Waals surface area contributed by atoms with Crippen molar-refractivity contribution in [2.75, 3.05) is 46.2 Å². The van der Waals surface area contributed by atoms with Gasteiger partial charge in [0.25, 0.3) is 0 Å². The normalized spacial score (nSPS) is 56.0. The smallest absolute Gasteiger partial charge is 0.314 e. The van der Waals surface area contributed by atoms with Gasteiger partial charge in [0.1, 0.15) is 165 Å². The SMILES string of the molecule is C[C@@H]1O[C@@H](O[C@H]2[C@H](O[C@H]3[C@H](OC[C@H]4O[C@@H](O[C@H]5CC[C@]6(C)C7=C(CC[C@H]6[C@@]5(C)CO)[C@]5(C)CC[C@@]6(O[C@@]8(C[C@H]6C)OC(=O)[C@H](C)[C@@H]8O)[C@@]5(C)CC7)[C@H](O)[C@@H](O)[C@@H]4O)OC[C@H](O)[C@@H]3O)O[C@H](CO)[C@@H](O)[C@@H]2O[C@@H]2O[C@H](CO)[C@@H](O)[C@H](O[C@@H]3O[C@H](CO)[C@H](O)[C@H](O[C@@H]4O[C@H](CO)[C@@H](O)[C@H](O)[C@H]4O)[C@H]3O)[C@H]2O)[C@H](O)[C@H](O)[C@H]1O. The predicted octanol–water partition coefficient (Wildman–Crippen LogP) is -9.07. The lowest BCUT2D eigenvalue weighted by atomic mass is 9.42. The van der Waals surface area contributed by atoms with Crippen LogP contribution in [0.3, 0.4) is 0 Å². The highest BCUT2D eigenvalue weighted by Crippen LogP contribution is 2.77. The zero-order chi connectivity index (χ0) is 79.9. The second kappa shape index (κ2) is 32.5. The van der Waals surface area contributed by atoms with Crippen molar-refractivity contribution < 1.29 is 193 Å². The molecule has 632 valence electrons. The van der Waals surface area contributed by atoms with Crippen molar-refractivity contribution in [2.45, 2.75) is 339 Å². The van der Waals surface area contributed by atoms with Crippen LogP contribution in [0.1, 0.15) is 106 Å². The van der Waals surface area contributed by atoms with Crippen LogP contribution >= 0.6 is 0 Å². The molecular formula is C71H114O39. The van der Waals surface area contributed by atoms with Crippen LogP contribution in [0.5, 0.6) is 0 Å². The first-order valence-corrected chi connectivity index (χ1v) is 38.2. The first-order chi connectivity index (χ1) is 51.9. The monoisotopic (exact) mass is 1590 g/mol. The molecule has 0 radical (unpaired) electrons. The van der Waals surface area contributed by atoms with Crippen LogP contribution in [0.4, 0.5) is 0 Å². The van der Waals surface area contributed by atoms with E-state index in [1.54, 1.807) is 6.92 Å². The molecule has 0 aromatic carbocycles. The van der Waals surface area contributed by atoms with Crippen molar-refractivity contribution in [3.05, 3.63) is 11.1 Å². The van der Waals surface area contributed by atoms with Gasteiger partial charge in [0.15, 0.2) is 44.0 Å². The fourth-order valence-corrected chi connectivity index (χ4v) is 20.8. The average molecular weight is 1590 g/mol. The molecule has 0 amide bonds. The number of ether oxygens (including phenoxy) is 16. The van der Waals surface area contributed by atoms with Gasteiger partial charge in [-0.25, -0.2) is 0 Å². The van der Waals surface area contributed by atoms with Gasteiger partial charge in [-0.1, -0.05) is 45.8 Å². The third-order valence-corrected chi connectivity index (χ3v) is 27.7. The summed E-state index contributed by atoms with van der Waals surface area (Å²) in [6.07, 6.45) is -63.2. The van der Waals surface area contributed by atoms with E-state index in [-0.39, 0.29) is 23.9 Å². The number of carbonyl (C=O) groups excluding carboxylic acids is 1. The number of hydrogen-bond acceptors (Lipinski definition) is 39. The van der Waals surface area contributed by atoms with E-state index in [0.717, 1.165) is 19.3 Å². The van der Waals surface area contributed by atoms with Crippen LogP contribution in [0.25, 0.3) is 0 Å². The van der Waals surface area contributed by atoms with E-state index in [4.69, 9.17) is 75.8 Å². The Hall–Kier alpha value is -2.27. The molecule has 13 rings (SSSR count). The zero-order valence-electron chi connectivity index (χ0n) is 62.1. The molecule has 4 aliphatic carbocycles. The van der Waals surface area contributed by atoms with E-state index in [9.17, 15) is 117 Å². The van der Waals surface area contributed by atoms with Gasteiger partial charge >= 0.3 is 5.97 Å². The predicted molar refractivity (Wildman–Crippen MR) is 356 cm³/mol. The largest absolute Gasteiger partial charge is 0.430 e. The summed E-state index contributed by atoms with van der Waals surface area (Å²) >= 11 is 0. The van der Waals surface area contributed by atoms with E-state index in [0.29, 0.717) is 38.5 Å². The summed E-state index contributed by atoms with van der Waals surface area (Å²) < 4.78 is 97.1. The van der Waals surface area contributed by atoms with Crippen LogP contribution in [0.2, 0.25) is 0 Å². The lowest BCUT2D eigenvalue weighted by molar-refractivity contribution is -0.412. The summed E-state index contributed by atoms with van der Waals surface area (Å²) in [6.45, 7) is 7.86. The number of fused-ring (bicyclic) bond motifs is 5. The fourth-order valence-electron chi connectivity index (χ4n) is 20.8. The van der Waals surface area contributed by atoms with E-state index in [2.05, 4.69) is 27.7 Å². The molecule has 13 aliphatic rings. The van der Waals surface area contributed by atoms with Gasteiger partial charge in [0.2, 0.25) is 5.79 Å². The Balaban J connectivity index is 0.719. The Kier molecular flexibility index (Phi) is 25.3. The van der Waals surface area contributed by atoms with E-state index < -0.39 is 300 Å². The zero-order valence-corrected chi connectivity index (χ0v) is 62.1. The molecule has 0 unspecified atom stereocenters. The molecule has 39 nitrogen and oxygen atoms in total.